The molecule has 138 valence electrons. The lowest BCUT2D eigenvalue weighted by atomic mass is 9.90. The Balaban J connectivity index is 1.80. The molecule has 1 aromatic heterocycles. The van der Waals surface area contributed by atoms with Crippen LogP contribution in [0.5, 0.6) is 0 Å². The number of halogens is 1. The van der Waals surface area contributed by atoms with E-state index in [1.807, 2.05) is 13.8 Å². The van der Waals surface area contributed by atoms with Crippen molar-refractivity contribution < 1.29 is 14.0 Å². The molecule has 1 aliphatic rings. The molecule has 0 bridgehead atoms. The van der Waals surface area contributed by atoms with Crippen LogP contribution in [-0.2, 0) is 4.79 Å². The number of piperidine rings is 1. The number of benzene rings is 1. The van der Waals surface area contributed by atoms with E-state index in [1.165, 1.54) is 23.0 Å². The lowest BCUT2D eigenvalue weighted by Gasteiger charge is -2.33. The van der Waals surface area contributed by atoms with Crippen LogP contribution < -0.4 is 5.73 Å². The van der Waals surface area contributed by atoms with Gasteiger partial charge in [-0.3, -0.25) is 9.59 Å². The third-order valence-electron chi connectivity index (χ3n) is 4.74. The van der Waals surface area contributed by atoms with Crippen molar-refractivity contribution in [2.24, 2.45) is 11.8 Å². The second-order valence-corrected chi connectivity index (χ2v) is 6.97. The summed E-state index contributed by atoms with van der Waals surface area (Å²) in [5.41, 5.74) is 7.06. The van der Waals surface area contributed by atoms with Crippen LogP contribution in [0.3, 0.4) is 0 Å². The monoisotopic (exact) mass is 358 g/mol. The molecular weight excluding hydrogens is 335 g/mol. The minimum Gasteiger partial charge on any atom is -0.383 e. The number of nitrogens with two attached hydrogens (primary N) is 1. The van der Waals surface area contributed by atoms with Crippen molar-refractivity contribution >= 4 is 17.5 Å². The first kappa shape index (κ1) is 18.1. The number of Topliss-reactive ketones (excluding diaryl/α,β-unsaturated/α-hetero) is 1. The summed E-state index contributed by atoms with van der Waals surface area (Å²) in [4.78, 5) is 26.9. The van der Waals surface area contributed by atoms with Crippen LogP contribution in [0.15, 0.2) is 30.5 Å². The molecule has 26 heavy (non-hydrogen) atoms. The third-order valence-corrected chi connectivity index (χ3v) is 4.74. The minimum absolute atomic E-state index is 0.0671. The van der Waals surface area contributed by atoms with Gasteiger partial charge in [0.1, 0.15) is 11.6 Å². The number of nitrogen functional groups attached to an aromatic ring is 1. The zero-order valence-electron chi connectivity index (χ0n) is 15.0. The van der Waals surface area contributed by atoms with Crippen molar-refractivity contribution in [3.8, 4) is 5.69 Å². The van der Waals surface area contributed by atoms with Gasteiger partial charge in [-0.25, -0.2) is 9.07 Å². The SMILES string of the molecule is CC(C)C(=O)N1CCC[C@H](C(=O)c2cnn(-c3ccc(F)cc3)c2N)C1. The molecule has 0 spiro atoms. The molecule has 2 N–H and O–H groups in total. The van der Waals surface area contributed by atoms with Gasteiger partial charge in [0, 0.05) is 24.9 Å². The average Bonchev–Trinajstić information content (AvgIpc) is 3.02. The van der Waals surface area contributed by atoms with Gasteiger partial charge in [0.2, 0.25) is 5.91 Å². The molecule has 3 rings (SSSR count). The highest BCUT2D eigenvalue weighted by Crippen LogP contribution is 2.26. The molecule has 1 amide bonds. The summed E-state index contributed by atoms with van der Waals surface area (Å²) in [5, 5.41) is 4.18. The molecule has 0 saturated carbocycles. The summed E-state index contributed by atoms with van der Waals surface area (Å²) < 4.78 is 14.5. The number of likely N-dealkylation sites (tertiary alicyclic amines) is 1. The molecule has 6 nitrogen and oxygen atoms in total. The zero-order valence-corrected chi connectivity index (χ0v) is 15.0. The summed E-state index contributed by atoms with van der Waals surface area (Å²) in [7, 11) is 0. The Morgan fingerprint density at radius 2 is 1.96 bits per heavy atom. The zero-order chi connectivity index (χ0) is 18.8. The first-order valence-electron chi connectivity index (χ1n) is 8.81. The average molecular weight is 358 g/mol. The van der Waals surface area contributed by atoms with E-state index >= 15 is 0 Å². The van der Waals surface area contributed by atoms with E-state index < -0.39 is 0 Å². The van der Waals surface area contributed by atoms with Gasteiger partial charge < -0.3 is 10.6 Å². The minimum atomic E-state index is -0.354. The number of nitrogens with zero attached hydrogens (tertiary/aromatic N) is 3. The normalized spacial score (nSPS) is 17.5. The van der Waals surface area contributed by atoms with Crippen LogP contribution >= 0.6 is 0 Å². The molecule has 2 heterocycles. The van der Waals surface area contributed by atoms with E-state index in [2.05, 4.69) is 5.10 Å². The Bertz CT molecular complexity index is 813. The number of anilines is 1. The molecule has 0 unspecified atom stereocenters. The number of carbonyl (C=O) groups is 2. The van der Waals surface area contributed by atoms with E-state index in [0.717, 1.165) is 12.8 Å². The highest BCUT2D eigenvalue weighted by Gasteiger charge is 2.31. The van der Waals surface area contributed by atoms with Crippen LogP contribution in [0, 0.1) is 17.7 Å². The third kappa shape index (κ3) is 3.47. The summed E-state index contributed by atoms with van der Waals surface area (Å²) in [6, 6.07) is 5.73. The van der Waals surface area contributed by atoms with Crippen molar-refractivity contribution in [3.63, 3.8) is 0 Å². The number of aromatic nitrogens is 2. The van der Waals surface area contributed by atoms with Crippen LogP contribution in [-0.4, -0.2) is 39.5 Å². The van der Waals surface area contributed by atoms with Gasteiger partial charge in [0.05, 0.1) is 17.4 Å². The van der Waals surface area contributed by atoms with Crippen LogP contribution in [0.4, 0.5) is 10.2 Å². The van der Waals surface area contributed by atoms with Gasteiger partial charge >= 0.3 is 0 Å². The number of carbonyl (C=O) groups excluding carboxylic acids is 2. The summed E-state index contributed by atoms with van der Waals surface area (Å²) >= 11 is 0. The van der Waals surface area contributed by atoms with Gasteiger partial charge in [0.15, 0.2) is 5.78 Å². The van der Waals surface area contributed by atoms with Gasteiger partial charge in [0.25, 0.3) is 0 Å². The number of rotatable bonds is 4. The maximum atomic E-state index is 13.1. The van der Waals surface area contributed by atoms with Crippen molar-refractivity contribution in [3.05, 3.63) is 41.8 Å². The fourth-order valence-corrected chi connectivity index (χ4v) is 3.31. The number of amides is 1. The Hall–Kier alpha value is -2.70. The standard InChI is InChI=1S/C19H23FN4O2/c1-12(2)19(26)23-9-3-4-13(11-23)17(25)16-10-22-24(18(16)21)15-7-5-14(20)6-8-15/h5-8,10,12-13H,3-4,9,11,21H2,1-2H3/t13-/m0/s1. The summed E-state index contributed by atoms with van der Waals surface area (Å²) in [6.45, 7) is 4.82. The van der Waals surface area contributed by atoms with E-state index in [1.54, 1.807) is 17.0 Å². The van der Waals surface area contributed by atoms with Gasteiger partial charge in [-0.1, -0.05) is 13.8 Å². The highest BCUT2D eigenvalue weighted by molar-refractivity contribution is 6.02. The Morgan fingerprint density at radius 3 is 2.62 bits per heavy atom. The molecule has 1 atom stereocenters. The maximum Gasteiger partial charge on any atom is 0.225 e. The van der Waals surface area contributed by atoms with Gasteiger partial charge in [-0.2, -0.15) is 5.10 Å². The Kier molecular flexibility index (Phi) is 5.06. The second kappa shape index (κ2) is 7.27. The lowest BCUT2D eigenvalue weighted by molar-refractivity contribution is -0.135. The van der Waals surface area contributed by atoms with Crippen LogP contribution in [0.2, 0.25) is 0 Å². The van der Waals surface area contributed by atoms with Crippen molar-refractivity contribution in [1.82, 2.24) is 14.7 Å². The van der Waals surface area contributed by atoms with Crippen molar-refractivity contribution in [2.45, 2.75) is 26.7 Å². The number of ketones is 1. The van der Waals surface area contributed by atoms with Crippen molar-refractivity contribution in [1.29, 1.82) is 0 Å². The molecule has 2 aromatic rings. The summed E-state index contributed by atoms with van der Waals surface area (Å²) in [6.07, 6.45) is 2.97. The first-order chi connectivity index (χ1) is 12.4. The molecule has 1 saturated heterocycles. The van der Waals surface area contributed by atoms with Crippen LogP contribution in [0.1, 0.15) is 37.0 Å². The van der Waals surface area contributed by atoms with E-state index in [0.29, 0.717) is 24.3 Å². The second-order valence-electron chi connectivity index (χ2n) is 6.97. The van der Waals surface area contributed by atoms with Crippen LogP contribution in [0.25, 0.3) is 5.69 Å². The van der Waals surface area contributed by atoms with E-state index in [-0.39, 0.29) is 35.2 Å². The smallest absolute Gasteiger partial charge is 0.225 e. The van der Waals surface area contributed by atoms with Crippen molar-refractivity contribution in [2.75, 3.05) is 18.8 Å². The number of hydrogen-bond acceptors (Lipinski definition) is 4. The van der Waals surface area contributed by atoms with Gasteiger partial charge in [-0.05, 0) is 37.1 Å². The lowest BCUT2D eigenvalue weighted by Crippen LogP contribution is -2.44. The predicted octanol–water partition coefficient (Wildman–Crippen LogP) is 2.67. The fourth-order valence-electron chi connectivity index (χ4n) is 3.31. The molecule has 0 radical (unpaired) electrons. The van der Waals surface area contributed by atoms with E-state index in [4.69, 9.17) is 5.73 Å². The Labute approximate surface area is 151 Å². The molecule has 0 aliphatic carbocycles. The fraction of sp³-hybridized carbons (Fsp3) is 0.421. The summed E-state index contributed by atoms with van der Waals surface area (Å²) in [5.74, 6) is -0.522. The molecule has 1 fully saturated rings. The van der Waals surface area contributed by atoms with Gasteiger partial charge in [-0.15, -0.1) is 0 Å². The predicted molar refractivity (Wildman–Crippen MR) is 96.4 cm³/mol. The maximum absolute atomic E-state index is 13.1. The quantitative estimate of drug-likeness (QED) is 0.852. The molecular formula is C19H23FN4O2. The Morgan fingerprint density at radius 1 is 1.27 bits per heavy atom. The highest BCUT2D eigenvalue weighted by atomic mass is 19.1. The molecule has 7 heteroatoms. The molecule has 1 aliphatic heterocycles. The first-order valence-corrected chi connectivity index (χ1v) is 8.81. The molecule has 1 aromatic carbocycles. The largest absolute Gasteiger partial charge is 0.383 e. The van der Waals surface area contributed by atoms with E-state index in [9.17, 15) is 14.0 Å². The number of hydrogen-bond donors (Lipinski definition) is 1. The topological polar surface area (TPSA) is 81.2 Å².